The number of nitrogen functional groups attached to an aromatic ring is 1. The van der Waals surface area contributed by atoms with Crippen LogP contribution in [-0.4, -0.2) is 52.2 Å². The lowest BCUT2D eigenvalue weighted by Crippen LogP contribution is -2.39. The van der Waals surface area contributed by atoms with Crippen LogP contribution in [0.5, 0.6) is 5.75 Å². The SMILES string of the molecule is COc1c(C)cnc(CN2NC3CC(C(=O)N(C)C)Sc4nc(N)nc2c43)c1C. The number of nitrogens with two attached hydrogens (primary N) is 1. The first-order valence-corrected chi connectivity index (χ1v) is 10.3. The summed E-state index contributed by atoms with van der Waals surface area (Å²) in [4.78, 5) is 27.7. The van der Waals surface area contributed by atoms with Gasteiger partial charge >= 0.3 is 0 Å². The monoisotopic (exact) mass is 415 g/mol. The molecular weight excluding hydrogens is 390 g/mol. The van der Waals surface area contributed by atoms with E-state index < -0.39 is 0 Å². The fourth-order valence-corrected chi connectivity index (χ4v) is 5.25. The molecule has 0 aliphatic carbocycles. The Bertz CT molecular complexity index is 982. The molecule has 10 heteroatoms. The molecule has 0 saturated carbocycles. The number of nitrogens with one attached hydrogen (secondary N) is 1. The lowest BCUT2D eigenvalue weighted by molar-refractivity contribution is -0.128. The Kier molecular flexibility index (Phi) is 4.99. The van der Waals surface area contributed by atoms with Gasteiger partial charge in [-0.25, -0.2) is 10.4 Å². The molecule has 0 saturated heterocycles. The first-order valence-electron chi connectivity index (χ1n) is 9.38. The molecule has 0 radical (unpaired) electrons. The second-order valence-electron chi connectivity index (χ2n) is 7.51. The van der Waals surface area contributed by atoms with E-state index >= 15 is 0 Å². The van der Waals surface area contributed by atoms with Crippen LogP contribution >= 0.6 is 11.8 Å². The van der Waals surface area contributed by atoms with Gasteiger partial charge in [0.2, 0.25) is 11.9 Å². The molecule has 0 bridgehead atoms. The van der Waals surface area contributed by atoms with Crippen molar-refractivity contribution in [2.45, 2.75) is 43.1 Å². The van der Waals surface area contributed by atoms with Crippen LogP contribution in [0.4, 0.5) is 11.8 Å². The van der Waals surface area contributed by atoms with Crippen molar-refractivity contribution in [2.75, 3.05) is 31.9 Å². The predicted molar refractivity (Wildman–Crippen MR) is 112 cm³/mol. The maximum Gasteiger partial charge on any atom is 0.235 e. The predicted octanol–water partition coefficient (Wildman–Crippen LogP) is 1.60. The van der Waals surface area contributed by atoms with Gasteiger partial charge in [0, 0.05) is 37.0 Å². The highest BCUT2D eigenvalue weighted by atomic mass is 32.2. The Morgan fingerprint density at radius 3 is 2.86 bits per heavy atom. The van der Waals surface area contributed by atoms with Crippen LogP contribution in [-0.2, 0) is 11.3 Å². The van der Waals surface area contributed by atoms with Crippen molar-refractivity contribution in [1.29, 1.82) is 0 Å². The van der Waals surface area contributed by atoms with Gasteiger partial charge in [-0.05, 0) is 20.3 Å². The molecule has 29 heavy (non-hydrogen) atoms. The number of methoxy groups -OCH3 is 1. The summed E-state index contributed by atoms with van der Waals surface area (Å²) in [5, 5.41) is 2.51. The van der Waals surface area contributed by atoms with Crippen molar-refractivity contribution in [3.63, 3.8) is 0 Å². The van der Waals surface area contributed by atoms with Crippen molar-refractivity contribution in [3.05, 3.63) is 28.6 Å². The molecule has 0 spiro atoms. The molecule has 2 aliphatic heterocycles. The molecule has 2 unspecified atom stereocenters. The molecule has 2 aromatic heterocycles. The zero-order valence-electron chi connectivity index (χ0n) is 17.2. The topological polar surface area (TPSA) is 110 Å². The first-order chi connectivity index (χ1) is 13.8. The Labute approximate surface area is 174 Å². The molecule has 4 heterocycles. The van der Waals surface area contributed by atoms with E-state index in [-0.39, 0.29) is 23.1 Å². The van der Waals surface area contributed by atoms with Gasteiger partial charge in [-0.1, -0.05) is 11.8 Å². The number of amides is 1. The fraction of sp³-hybridized carbons (Fsp3) is 0.474. The summed E-state index contributed by atoms with van der Waals surface area (Å²) in [6, 6.07) is -0.0385. The number of carbonyl (C=O) groups is 1. The van der Waals surface area contributed by atoms with Crippen molar-refractivity contribution < 1.29 is 9.53 Å². The third-order valence-corrected chi connectivity index (χ3v) is 6.51. The molecule has 2 aromatic rings. The number of rotatable bonds is 4. The number of aromatic nitrogens is 3. The van der Waals surface area contributed by atoms with Crippen LogP contribution in [0.1, 0.15) is 34.8 Å². The van der Waals surface area contributed by atoms with E-state index in [1.165, 1.54) is 11.8 Å². The average molecular weight is 416 g/mol. The van der Waals surface area contributed by atoms with Crippen LogP contribution in [0.25, 0.3) is 0 Å². The smallest absolute Gasteiger partial charge is 0.235 e. The van der Waals surface area contributed by atoms with Crippen molar-refractivity contribution in [1.82, 2.24) is 25.3 Å². The molecule has 9 nitrogen and oxygen atoms in total. The molecule has 2 aliphatic rings. The highest BCUT2D eigenvalue weighted by molar-refractivity contribution is 8.00. The molecule has 2 atom stereocenters. The lowest BCUT2D eigenvalue weighted by Gasteiger charge is -2.28. The van der Waals surface area contributed by atoms with Gasteiger partial charge < -0.3 is 15.4 Å². The lowest BCUT2D eigenvalue weighted by atomic mass is 10.0. The summed E-state index contributed by atoms with van der Waals surface area (Å²) < 4.78 is 5.53. The number of anilines is 2. The summed E-state index contributed by atoms with van der Waals surface area (Å²) in [7, 11) is 5.21. The van der Waals surface area contributed by atoms with E-state index in [1.807, 2.05) is 25.1 Å². The minimum atomic E-state index is -0.212. The van der Waals surface area contributed by atoms with Gasteiger partial charge in [0.1, 0.15) is 10.8 Å². The molecule has 4 rings (SSSR count). The Balaban J connectivity index is 1.67. The number of hydrogen-bond donors (Lipinski definition) is 2. The molecule has 1 amide bonds. The summed E-state index contributed by atoms with van der Waals surface area (Å²) >= 11 is 1.46. The van der Waals surface area contributed by atoms with Gasteiger partial charge in [0.05, 0.1) is 30.6 Å². The standard InChI is InChI=1S/C19H25N7O2S/c1-9-7-21-12(10(2)15(9)28-5)8-26-16-14-11(24-26)6-13(18(27)25(3)4)29-17(14)23-19(20)22-16/h7,11,13,24H,6,8H2,1-5H3,(H2,20,22,23). The minimum absolute atomic E-state index is 0.0385. The molecule has 3 N–H and O–H groups in total. The maximum atomic E-state index is 12.6. The molecule has 0 aromatic carbocycles. The Hall–Kier alpha value is -2.59. The van der Waals surface area contributed by atoms with Crippen LogP contribution in [0.2, 0.25) is 0 Å². The number of ether oxygens (including phenoxy) is 1. The number of hydrazine groups is 1. The van der Waals surface area contributed by atoms with E-state index in [1.54, 1.807) is 26.1 Å². The zero-order chi connectivity index (χ0) is 20.9. The van der Waals surface area contributed by atoms with E-state index in [2.05, 4.69) is 20.4 Å². The first kappa shape index (κ1) is 19.7. The number of aryl methyl sites for hydroxylation is 1. The van der Waals surface area contributed by atoms with Crippen LogP contribution in [0.15, 0.2) is 11.2 Å². The summed E-state index contributed by atoms with van der Waals surface area (Å²) in [5.41, 5.74) is 13.4. The molecule has 0 fully saturated rings. The number of nitrogens with zero attached hydrogens (tertiary/aromatic N) is 5. The summed E-state index contributed by atoms with van der Waals surface area (Å²) in [5.74, 6) is 1.86. The third kappa shape index (κ3) is 3.36. The van der Waals surface area contributed by atoms with Crippen molar-refractivity contribution in [3.8, 4) is 5.75 Å². The van der Waals surface area contributed by atoms with Crippen LogP contribution < -0.4 is 20.9 Å². The average Bonchev–Trinajstić information content (AvgIpc) is 3.01. The van der Waals surface area contributed by atoms with Gasteiger partial charge in [-0.3, -0.25) is 14.8 Å². The minimum Gasteiger partial charge on any atom is -0.496 e. The van der Waals surface area contributed by atoms with Crippen LogP contribution in [0, 0.1) is 13.8 Å². The number of thioether (sulfide) groups is 1. The summed E-state index contributed by atoms with van der Waals surface area (Å²) in [6.07, 6.45) is 2.48. The van der Waals surface area contributed by atoms with E-state index in [0.29, 0.717) is 13.0 Å². The highest BCUT2D eigenvalue weighted by Crippen LogP contribution is 2.47. The number of pyridine rings is 1. The number of carbonyl (C=O) groups excluding carboxylic acids is 1. The van der Waals surface area contributed by atoms with Crippen molar-refractivity contribution >= 4 is 29.4 Å². The molecule has 154 valence electrons. The van der Waals surface area contributed by atoms with Gasteiger partial charge in [0.15, 0.2) is 5.82 Å². The highest BCUT2D eigenvalue weighted by Gasteiger charge is 2.42. The quantitative estimate of drug-likeness (QED) is 0.720. The summed E-state index contributed by atoms with van der Waals surface area (Å²) in [6.45, 7) is 4.48. The maximum absolute atomic E-state index is 12.6. The Morgan fingerprint density at radius 2 is 2.17 bits per heavy atom. The largest absolute Gasteiger partial charge is 0.496 e. The normalized spacial score (nSPS) is 19.8. The fourth-order valence-electron chi connectivity index (χ4n) is 3.88. The van der Waals surface area contributed by atoms with E-state index in [4.69, 9.17) is 10.5 Å². The van der Waals surface area contributed by atoms with E-state index in [0.717, 1.165) is 39.0 Å². The third-order valence-electron chi connectivity index (χ3n) is 5.30. The van der Waals surface area contributed by atoms with Gasteiger partial charge in [-0.15, -0.1) is 0 Å². The van der Waals surface area contributed by atoms with Crippen molar-refractivity contribution in [2.24, 2.45) is 0 Å². The van der Waals surface area contributed by atoms with Gasteiger partial charge in [-0.2, -0.15) is 4.98 Å². The van der Waals surface area contributed by atoms with E-state index in [9.17, 15) is 4.79 Å². The number of hydrogen-bond acceptors (Lipinski definition) is 9. The zero-order valence-corrected chi connectivity index (χ0v) is 18.0. The second kappa shape index (κ2) is 7.34. The second-order valence-corrected chi connectivity index (χ2v) is 8.70. The van der Waals surface area contributed by atoms with Crippen LogP contribution in [0.3, 0.4) is 0 Å². The van der Waals surface area contributed by atoms with Gasteiger partial charge in [0.25, 0.3) is 0 Å². The molecular formula is C19H25N7O2S. The Morgan fingerprint density at radius 1 is 1.41 bits per heavy atom.